The lowest BCUT2D eigenvalue weighted by atomic mass is 9.95. The highest BCUT2D eigenvalue weighted by atomic mass is 28.4. The first kappa shape index (κ1) is 28.8. The Morgan fingerprint density at radius 2 is 1.74 bits per heavy atom. The molecule has 1 N–H and O–H groups in total. The van der Waals surface area contributed by atoms with Crippen molar-refractivity contribution in [1.82, 2.24) is 4.90 Å². The standard InChI is InChI=1S/C27H47NO5Si/c1-25(2,3)32-24(30)28-21(19-20-15-12-11-13-16-20)23(31-27(28,7)8)22(17-14-18-29)33-34(9,10)26(4,5)6/h11-13,15-16,21-23,29H,14,17-19H2,1-10H3/t21-,22?,23+/m1/s1. The number of aliphatic hydroxyl groups is 1. The van der Waals surface area contributed by atoms with Crippen molar-refractivity contribution in [1.29, 1.82) is 0 Å². The van der Waals surface area contributed by atoms with Crippen molar-refractivity contribution in [2.45, 2.75) is 122 Å². The Kier molecular flexibility index (Phi) is 9.06. The molecule has 34 heavy (non-hydrogen) atoms. The predicted molar refractivity (Wildman–Crippen MR) is 139 cm³/mol. The largest absolute Gasteiger partial charge is 0.444 e. The number of nitrogens with zero attached hydrogens (tertiary/aromatic N) is 1. The Labute approximate surface area is 208 Å². The number of amides is 1. The lowest BCUT2D eigenvalue weighted by Gasteiger charge is -2.41. The summed E-state index contributed by atoms with van der Waals surface area (Å²) in [4.78, 5) is 15.2. The van der Waals surface area contributed by atoms with Gasteiger partial charge in [0.1, 0.15) is 17.4 Å². The van der Waals surface area contributed by atoms with Gasteiger partial charge in [-0.3, -0.25) is 4.90 Å². The van der Waals surface area contributed by atoms with Crippen LogP contribution >= 0.6 is 0 Å². The number of hydrogen-bond donors (Lipinski definition) is 1. The Morgan fingerprint density at radius 1 is 1.15 bits per heavy atom. The first-order valence-electron chi connectivity index (χ1n) is 12.5. The van der Waals surface area contributed by atoms with Crippen molar-refractivity contribution >= 4 is 14.4 Å². The highest BCUT2D eigenvalue weighted by molar-refractivity contribution is 6.74. The van der Waals surface area contributed by atoms with Crippen LogP contribution in [-0.4, -0.2) is 60.6 Å². The summed E-state index contributed by atoms with van der Waals surface area (Å²) >= 11 is 0. The molecule has 1 aromatic carbocycles. The molecule has 1 saturated heterocycles. The van der Waals surface area contributed by atoms with E-state index < -0.39 is 19.6 Å². The molecule has 1 aliphatic rings. The Balaban J connectivity index is 2.50. The molecule has 194 valence electrons. The van der Waals surface area contributed by atoms with Gasteiger partial charge < -0.3 is 19.0 Å². The smallest absolute Gasteiger partial charge is 0.412 e. The van der Waals surface area contributed by atoms with Gasteiger partial charge in [-0.25, -0.2) is 4.79 Å². The molecule has 1 aliphatic heterocycles. The number of aliphatic hydroxyl groups excluding tert-OH is 1. The van der Waals surface area contributed by atoms with E-state index >= 15 is 0 Å². The number of carbonyl (C=O) groups is 1. The minimum absolute atomic E-state index is 0.0262. The maximum atomic E-state index is 13.5. The number of hydrogen-bond acceptors (Lipinski definition) is 5. The maximum absolute atomic E-state index is 13.5. The van der Waals surface area contributed by atoms with E-state index in [0.29, 0.717) is 19.3 Å². The minimum atomic E-state index is -2.14. The van der Waals surface area contributed by atoms with E-state index in [2.05, 4.69) is 46.0 Å². The van der Waals surface area contributed by atoms with Crippen LogP contribution in [-0.2, 0) is 20.3 Å². The zero-order chi connectivity index (χ0) is 25.9. The third-order valence-electron chi connectivity index (χ3n) is 6.86. The SMILES string of the molecule is CC(C)(C)OC(=O)N1[C@H](Cc2ccccc2)[C@@H](C(CCCO)O[Si](C)(C)C(C)(C)C)OC1(C)C. The fraction of sp³-hybridized carbons (Fsp3) is 0.741. The van der Waals surface area contributed by atoms with Crippen molar-refractivity contribution in [3.05, 3.63) is 35.9 Å². The molecule has 7 heteroatoms. The second kappa shape index (κ2) is 10.7. The molecule has 2 rings (SSSR count). The van der Waals surface area contributed by atoms with Crippen LogP contribution in [0.25, 0.3) is 0 Å². The van der Waals surface area contributed by atoms with Crippen molar-refractivity contribution in [3.8, 4) is 0 Å². The average molecular weight is 494 g/mol. The van der Waals surface area contributed by atoms with Crippen LogP contribution in [0.2, 0.25) is 18.1 Å². The van der Waals surface area contributed by atoms with Crippen molar-refractivity contribution in [2.24, 2.45) is 0 Å². The molecule has 3 atom stereocenters. The lowest BCUT2D eigenvalue weighted by Crippen LogP contribution is -2.53. The Hall–Kier alpha value is -1.41. The van der Waals surface area contributed by atoms with Crippen LogP contribution in [0, 0.1) is 0 Å². The number of rotatable bonds is 8. The summed E-state index contributed by atoms with van der Waals surface area (Å²) in [6, 6.07) is 9.91. The molecule has 1 fully saturated rings. The van der Waals surface area contributed by atoms with Gasteiger partial charge in [0.2, 0.25) is 0 Å². The van der Waals surface area contributed by atoms with Crippen LogP contribution < -0.4 is 0 Å². The normalized spacial score (nSPS) is 22.0. The maximum Gasteiger partial charge on any atom is 0.412 e. The van der Waals surface area contributed by atoms with Gasteiger partial charge >= 0.3 is 6.09 Å². The van der Waals surface area contributed by atoms with Crippen LogP contribution in [0.15, 0.2) is 30.3 Å². The summed E-state index contributed by atoms with van der Waals surface area (Å²) < 4.78 is 19.4. The molecule has 0 aromatic heterocycles. The van der Waals surface area contributed by atoms with Crippen LogP contribution in [0.3, 0.4) is 0 Å². The second-order valence-electron chi connectivity index (χ2n) is 12.4. The summed E-state index contributed by atoms with van der Waals surface area (Å²) in [5, 5.41) is 9.64. The van der Waals surface area contributed by atoms with E-state index in [1.165, 1.54) is 0 Å². The van der Waals surface area contributed by atoms with Gasteiger partial charge in [0.25, 0.3) is 0 Å². The molecule has 1 aromatic rings. The molecule has 0 saturated carbocycles. The van der Waals surface area contributed by atoms with Gasteiger partial charge in [-0.15, -0.1) is 0 Å². The topological polar surface area (TPSA) is 68.2 Å². The first-order chi connectivity index (χ1) is 15.5. The molecular formula is C27H47NO5Si. The number of ether oxygens (including phenoxy) is 2. The van der Waals surface area contributed by atoms with Gasteiger partial charge in [0.05, 0.1) is 12.1 Å². The second-order valence-corrected chi connectivity index (χ2v) is 17.2. The summed E-state index contributed by atoms with van der Waals surface area (Å²) in [7, 11) is -2.14. The van der Waals surface area contributed by atoms with E-state index in [1.807, 2.05) is 52.8 Å². The minimum Gasteiger partial charge on any atom is -0.444 e. The summed E-state index contributed by atoms with van der Waals surface area (Å²) in [6.45, 7) is 20.7. The molecule has 0 aliphatic carbocycles. The fourth-order valence-electron chi connectivity index (χ4n) is 4.21. The molecule has 1 unspecified atom stereocenters. The van der Waals surface area contributed by atoms with Gasteiger partial charge in [-0.2, -0.15) is 0 Å². The Bertz CT molecular complexity index is 797. The molecular weight excluding hydrogens is 446 g/mol. The fourth-order valence-corrected chi connectivity index (χ4v) is 5.57. The summed E-state index contributed by atoms with van der Waals surface area (Å²) in [5.74, 6) is 0. The van der Waals surface area contributed by atoms with Crippen molar-refractivity contribution in [2.75, 3.05) is 6.61 Å². The van der Waals surface area contributed by atoms with Gasteiger partial charge in [0.15, 0.2) is 8.32 Å². The molecule has 0 bridgehead atoms. The summed E-state index contributed by atoms with van der Waals surface area (Å²) in [6.07, 6.45) is 0.942. The lowest BCUT2D eigenvalue weighted by molar-refractivity contribution is -0.102. The predicted octanol–water partition coefficient (Wildman–Crippen LogP) is 6.13. The third kappa shape index (κ3) is 7.29. The van der Waals surface area contributed by atoms with Gasteiger partial charge in [-0.05, 0) is 77.6 Å². The van der Waals surface area contributed by atoms with Gasteiger partial charge in [0, 0.05) is 6.61 Å². The molecule has 1 heterocycles. The molecule has 0 radical (unpaired) electrons. The monoisotopic (exact) mass is 493 g/mol. The zero-order valence-corrected chi connectivity index (χ0v) is 24.0. The van der Waals surface area contributed by atoms with E-state index in [1.54, 1.807) is 4.90 Å². The van der Waals surface area contributed by atoms with Crippen LogP contribution in [0.1, 0.15) is 73.8 Å². The zero-order valence-electron chi connectivity index (χ0n) is 23.0. The van der Waals surface area contributed by atoms with Crippen LogP contribution in [0.5, 0.6) is 0 Å². The van der Waals surface area contributed by atoms with E-state index in [9.17, 15) is 9.90 Å². The van der Waals surface area contributed by atoms with Crippen molar-refractivity contribution < 1.29 is 23.8 Å². The molecule has 1 amide bonds. The van der Waals surface area contributed by atoms with E-state index in [4.69, 9.17) is 13.9 Å². The van der Waals surface area contributed by atoms with Gasteiger partial charge in [-0.1, -0.05) is 51.1 Å². The number of carbonyl (C=O) groups excluding carboxylic acids is 1. The summed E-state index contributed by atoms with van der Waals surface area (Å²) in [5.41, 5.74) is -0.349. The highest BCUT2D eigenvalue weighted by Gasteiger charge is 2.54. The van der Waals surface area contributed by atoms with E-state index in [0.717, 1.165) is 5.56 Å². The third-order valence-corrected chi connectivity index (χ3v) is 11.4. The first-order valence-corrected chi connectivity index (χ1v) is 15.4. The van der Waals surface area contributed by atoms with Crippen molar-refractivity contribution in [3.63, 3.8) is 0 Å². The highest BCUT2D eigenvalue weighted by Crippen LogP contribution is 2.42. The molecule has 0 spiro atoms. The van der Waals surface area contributed by atoms with E-state index in [-0.39, 0.29) is 36.0 Å². The Morgan fingerprint density at radius 3 is 2.24 bits per heavy atom. The molecule has 6 nitrogen and oxygen atoms in total. The quantitative estimate of drug-likeness (QED) is 0.441. The van der Waals surface area contributed by atoms with Crippen LogP contribution in [0.4, 0.5) is 4.79 Å². The average Bonchev–Trinajstić information content (AvgIpc) is 2.94. The number of benzene rings is 1.